The van der Waals surface area contributed by atoms with E-state index in [2.05, 4.69) is 212 Å². The molecule has 1 atom stereocenters. The quantitative estimate of drug-likeness (QED) is 0.150. The Labute approximate surface area is 319 Å². The summed E-state index contributed by atoms with van der Waals surface area (Å²) in [6, 6.07) is 53.4. The first-order valence-electron chi connectivity index (χ1n) is 19.2. The summed E-state index contributed by atoms with van der Waals surface area (Å²) in [5.74, 6) is 0.350. The minimum absolute atomic E-state index is 0.350. The van der Waals surface area contributed by atoms with Gasteiger partial charge in [0.15, 0.2) is 0 Å². The maximum atomic E-state index is 2.49. The smallest absolute Gasteiger partial charge is 0.0620 e. The number of aromatic nitrogens is 1. The van der Waals surface area contributed by atoms with Crippen LogP contribution < -0.4 is 4.90 Å². The number of para-hydroxylation sites is 1. The summed E-state index contributed by atoms with van der Waals surface area (Å²) in [4.78, 5) is 2.26. The van der Waals surface area contributed by atoms with E-state index < -0.39 is 0 Å². The molecule has 0 amide bonds. The van der Waals surface area contributed by atoms with Crippen LogP contribution in [0.1, 0.15) is 44.2 Å². The second-order valence-electron chi connectivity index (χ2n) is 13.7. The summed E-state index contributed by atoms with van der Waals surface area (Å²) in [6.45, 7) is 6.06. The van der Waals surface area contributed by atoms with Gasteiger partial charge in [-0.1, -0.05) is 159 Å². The van der Waals surface area contributed by atoms with Crippen LogP contribution in [0.4, 0.5) is 5.69 Å². The standard InChI is InChI=1S/C50H40N2.C2H6/c1-3-4-6-17-41-33-40-16-11-12-20-46(40)49-48-45(21-13-22-47(48)52(50(41)49)44-32-29-35-14-9-10-15-39(35)34-44)38-25-23-36(24-26-38)37-27-30-43(31-28-37)51(2)42-18-7-5-8-19-42;1-2/h3-27,29-34,37H,28H2,1-2H3;1-2H3/b4-3-,17-6-;. The topological polar surface area (TPSA) is 8.17 Å². The Morgan fingerprint density at radius 2 is 1.41 bits per heavy atom. The molecule has 2 heteroatoms. The van der Waals surface area contributed by atoms with Crippen molar-refractivity contribution in [1.82, 2.24) is 4.57 Å². The molecule has 0 fully saturated rings. The molecule has 1 unspecified atom stereocenters. The van der Waals surface area contributed by atoms with Crippen molar-refractivity contribution in [1.29, 1.82) is 0 Å². The van der Waals surface area contributed by atoms with Crippen LogP contribution in [-0.2, 0) is 0 Å². The number of nitrogens with zero attached hydrogens (tertiary/aromatic N) is 2. The molecule has 9 rings (SSSR count). The Bertz CT molecular complexity index is 2720. The van der Waals surface area contributed by atoms with Crippen molar-refractivity contribution >= 4 is 55.1 Å². The van der Waals surface area contributed by atoms with Crippen LogP contribution in [-0.4, -0.2) is 11.6 Å². The Kier molecular flexibility index (Phi) is 9.83. The Hall–Kier alpha value is -6.38. The molecule has 0 saturated carbocycles. The van der Waals surface area contributed by atoms with Gasteiger partial charge in [-0.2, -0.15) is 0 Å². The zero-order valence-corrected chi connectivity index (χ0v) is 31.6. The van der Waals surface area contributed by atoms with Crippen molar-refractivity contribution < 1.29 is 0 Å². The first-order chi connectivity index (χ1) is 26.7. The van der Waals surface area contributed by atoms with Gasteiger partial charge in [-0.3, -0.25) is 0 Å². The fourth-order valence-corrected chi connectivity index (χ4v) is 8.00. The molecule has 54 heavy (non-hydrogen) atoms. The maximum absolute atomic E-state index is 2.49. The van der Waals surface area contributed by atoms with E-state index in [9.17, 15) is 0 Å². The highest BCUT2D eigenvalue weighted by molar-refractivity contribution is 6.26. The van der Waals surface area contributed by atoms with Gasteiger partial charge in [-0.25, -0.2) is 0 Å². The van der Waals surface area contributed by atoms with Gasteiger partial charge < -0.3 is 9.47 Å². The van der Waals surface area contributed by atoms with E-state index in [0.29, 0.717) is 5.92 Å². The van der Waals surface area contributed by atoms with Crippen molar-refractivity contribution in [3.8, 4) is 16.8 Å². The van der Waals surface area contributed by atoms with E-state index in [4.69, 9.17) is 0 Å². The average molecular weight is 699 g/mol. The number of anilines is 1. The predicted molar refractivity (Wildman–Crippen MR) is 236 cm³/mol. The third-order valence-electron chi connectivity index (χ3n) is 10.6. The number of benzene rings is 7. The van der Waals surface area contributed by atoms with E-state index in [0.717, 1.165) is 12.1 Å². The Balaban J connectivity index is 0.00000203. The molecular formula is C52H46N2. The minimum Gasteiger partial charge on any atom is -0.345 e. The van der Waals surface area contributed by atoms with E-state index in [-0.39, 0.29) is 0 Å². The van der Waals surface area contributed by atoms with Gasteiger partial charge in [0, 0.05) is 40.8 Å². The molecule has 8 aromatic rings. The van der Waals surface area contributed by atoms with Crippen molar-refractivity contribution in [2.24, 2.45) is 0 Å². The second kappa shape index (κ2) is 15.3. The molecule has 264 valence electrons. The molecule has 2 nitrogen and oxygen atoms in total. The third kappa shape index (κ3) is 6.35. The average Bonchev–Trinajstić information content (AvgIpc) is 3.61. The summed E-state index contributed by atoms with van der Waals surface area (Å²) in [7, 11) is 2.14. The lowest BCUT2D eigenvalue weighted by Crippen LogP contribution is -2.16. The first kappa shape index (κ1) is 34.7. The van der Waals surface area contributed by atoms with Gasteiger partial charge >= 0.3 is 0 Å². The SMILES string of the molecule is C/C=C\C=C/c1cc2ccccc2c2c3c(-c4ccc(C5C=CC(N(C)c6ccccc6)=CC5)cc4)cccc3n(-c3ccc4ccccc4c3)c12.CC. The van der Waals surface area contributed by atoms with E-state index >= 15 is 0 Å². The van der Waals surface area contributed by atoms with Gasteiger partial charge in [0.2, 0.25) is 0 Å². The van der Waals surface area contributed by atoms with E-state index in [1.54, 1.807) is 0 Å². The van der Waals surface area contributed by atoms with Crippen molar-refractivity contribution in [3.63, 3.8) is 0 Å². The molecule has 0 saturated heterocycles. The van der Waals surface area contributed by atoms with Crippen molar-refractivity contribution in [2.45, 2.75) is 33.1 Å². The lowest BCUT2D eigenvalue weighted by Gasteiger charge is -2.25. The highest BCUT2D eigenvalue weighted by Gasteiger charge is 2.21. The maximum Gasteiger partial charge on any atom is 0.0620 e. The monoisotopic (exact) mass is 698 g/mol. The lowest BCUT2D eigenvalue weighted by atomic mass is 9.89. The normalized spacial score (nSPS) is 14.3. The second-order valence-corrected chi connectivity index (χ2v) is 13.7. The van der Waals surface area contributed by atoms with Crippen LogP contribution >= 0.6 is 0 Å². The lowest BCUT2D eigenvalue weighted by molar-refractivity contribution is 0.837. The van der Waals surface area contributed by atoms with Gasteiger partial charge in [0.05, 0.1) is 11.0 Å². The highest BCUT2D eigenvalue weighted by Crippen LogP contribution is 2.44. The van der Waals surface area contributed by atoms with Crippen LogP contribution in [0.15, 0.2) is 188 Å². The zero-order valence-electron chi connectivity index (χ0n) is 31.6. The summed E-state index contributed by atoms with van der Waals surface area (Å²) >= 11 is 0. The Morgan fingerprint density at radius 1 is 0.667 bits per heavy atom. The van der Waals surface area contributed by atoms with Crippen LogP contribution in [0.25, 0.3) is 66.2 Å². The number of likely N-dealkylation sites (N-methyl/N-ethyl adjacent to an activating group) is 1. The molecular weight excluding hydrogens is 653 g/mol. The largest absolute Gasteiger partial charge is 0.345 e. The minimum atomic E-state index is 0.350. The molecule has 1 aromatic heterocycles. The summed E-state index contributed by atoms with van der Waals surface area (Å²) in [6.07, 6.45) is 16.6. The van der Waals surface area contributed by atoms with Gasteiger partial charge in [-0.05, 0) is 99.6 Å². The molecule has 0 N–H and O–H groups in total. The van der Waals surface area contributed by atoms with E-state index in [1.807, 2.05) is 13.8 Å². The van der Waals surface area contributed by atoms with Gasteiger partial charge in [0.25, 0.3) is 0 Å². The predicted octanol–water partition coefficient (Wildman–Crippen LogP) is 14.4. The molecule has 0 spiro atoms. The number of allylic oxidation sites excluding steroid dienone is 6. The van der Waals surface area contributed by atoms with Crippen molar-refractivity contribution in [3.05, 3.63) is 199 Å². The number of hydrogen-bond donors (Lipinski definition) is 0. The van der Waals surface area contributed by atoms with Crippen LogP contribution in [0, 0.1) is 0 Å². The fraction of sp³-hybridized carbons (Fsp3) is 0.115. The number of fused-ring (bicyclic) bond motifs is 6. The first-order valence-corrected chi connectivity index (χ1v) is 19.2. The molecule has 0 radical (unpaired) electrons. The molecule has 7 aromatic carbocycles. The zero-order chi connectivity index (χ0) is 37.0. The molecule has 1 heterocycles. The van der Waals surface area contributed by atoms with Crippen LogP contribution in [0.5, 0.6) is 0 Å². The summed E-state index contributed by atoms with van der Waals surface area (Å²) < 4.78 is 2.49. The number of rotatable bonds is 7. The summed E-state index contributed by atoms with van der Waals surface area (Å²) in [5.41, 5.74) is 11.0. The third-order valence-corrected chi connectivity index (χ3v) is 10.6. The van der Waals surface area contributed by atoms with E-state index in [1.165, 1.54) is 77.0 Å². The molecule has 0 bridgehead atoms. The number of hydrogen-bond acceptors (Lipinski definition) is 1. The molecule has 1 aliphatic carbocycles. The molecule has 0 aliphatic heterocycles. The van der Waals surface area contributed by atoms with Gasteiger partial charge in [0.1, 0.15) is 0 Å². The highest BCUT2D eigenvalue weighted by atomic mass is 15.1. The van der Waals surface area contributed by atoms with Crippen LogP contribution in [0.2, 0.25) is 0 Å². The van der Waals surface area contributed by atoms with Crippen molar-refractivity contribution in [2.75, 3.05) is 11.9 Å². The summed E-state index contributed by atoms with van der Waals surface area (Å²) in [5, 5.41) is 7.56. The Morgan fingerprint density at radius 3 is 2.17 bits per heavy atom. The van der Waals surface area contributed by atoms with Gasteiger partial charge in [-0.15, -0.1) is 0 Å². The fourth-order valence-electron chi connectivity index (χ4n) is 8.00. The van der Waals surface area contributed by atoms with Crippen LogP contribution in [0.3, 0.4) is 0 Å². The molecule has 1 aliphatic rings.